The molecule has 0 amide bonds. The molecular formula is C16H31NO2. The second kappa shape index (κ2) is 7.61. The summed E-state index contributed by atoms with van der Waals surface area (Å²) in [6.45, 7) is 4.24. The molecule has 2 rings (SSSR count). The van der Waals surface area contributed by atoms with Crippen molar-refractivity contribution in [2.24, 2.45) is 0 Å². The topological polar surface area (TPSA) is 30.5 Å². The lowest BCUT2D eigenvalue weighted by atomic mass is 9.75. The van der Waals surface area contributed by atoms with Gasteiger partial charge in [0.05, 0.1) is 11.7 Å². The van der Waals surface area contributed by atoms with E-state index >= 15 is 0 Å². The van der Waals surface area contributed by atoms with E-state index in [4.69, 9.17) is 9.47 Å². The Bertz CT molecular complexity index is 242. The summed E-state index contributed by atoms with van der Waals surface area (Å²) in [6.07, 6.45) is 11.9. The summed E-state index contributed by atoms with van der Waals surface area (Å²) in [6, 6.07) is 0.617. The van der Waals surface area contributed by atoms with Gasteiger partial charge >= 0.3 is 0 Å². The summed E-state index contributed by atoms with van der Waals surface area (Å²) >= 11 is 0. The second-order valence-electron chi connectivity index (χ2n) is 6.27. The fourth-order valence-electron chi connectivity index (χ4n) is 3.54. The Morgan fingerprint density at radius 1 is 1.37 bits per heavy atom. The third-order valence-electron chi connectivity index (χ3n) is 4.91. The van der Waals surface area contributed by atoms with Gasteiger partial charge in [-0.05, 0) is 64.3 Å². The van der Waals surface area contributed by atoms with E-state index in [1.54, 1.807) is 0 Å². The van der Waals surface area contributed by atoms with Crippen molar-refractivity contribution in [2.75, 3.05) is 20.3 Å². The molecule has 1 aliphatic heterocycles. The summed E-state index contributed by atoms with van der Waals surface area (Å²) in [7, 11) is 1.88. The predicted octanol–water partition coefficient (Wildman–Crippen LogP) is 3.27. The molecule has 0 aromatic carbocycles. The molecule has 0 bridgehead atoms. The number of nitrogens with one attached hydrogen (secondary N) is 1. The molecule has 1 saturated heterocycles. The fourth-order valence-corrected chi connectivity index (χ4v) is 3.54. The Hall–Kier alpha value is -0.120. The molecule has 2 aliphatic rings. The molecule has 2 unspecified atom stereocenters. The quantitative estimate of drug-likeness (QED) is 0.697. The highest BCUT2D eigenvalue weighted by Crippen LogP contribution is 2.39. The Labute approximate surface area is 118 Å². The van der Waals surface area contributed by atoms with E-state index in [2.05, 4.69) is 12.2 Å². The van der Waals surface area contributed by atoms with Crippen molar-refractivity contribution in [2.45, 2.75) is 82.5 Å². The first kappa shape index (κ1) is 15.3. The number of rotatable bonds is 9. The fraction of sp³-hybridized carbons (Fsp3) is 1.00. The van der Waals surface area contributed by atoms with Gasteiger partial charge in [-0.2, -0.15) is 0 Å². The van der Waals surface area contributed by atoms with Gasteiger partial charge in [0.15, 0.2) is 0 Å². The third kappa shape index (κ3) is 4.44. The third-order valence-corrected chi connectivity index (χ3v) is 4.91. The van der Waals surface area contributed by atoms with Crippen LogP contribution in [-0.4, -0.2) is 38.0 Å². The molecule has 3 heteroatoms. The molecule has 0 radical (unpaired) electrons. The number of hydrogen-bond donors (Lipinski definition) is 1. The van der Waals surface area contributed by atoms with Gasteiger partial charge in [-0.15, -0.1) is 0 Å². The molecule has 0 aromatic rings. The largest absolute Gasteiger partial charge is 0.378 e. The standard InChI is InChI=1S/C16H31NO2/c1-3-17-14(13-16(18-2)10-6-11-16)7-4-8-15-9-5-12-19-15/h14-15,17H,3-13H2,1-2H3. The molecule has 1 aliphatic carbocycles. The van der Waals surface area contributed by atoms with Gasteiger partial charge in [-0.1, -0.05) is 6.92 Å². The summed E-state index contributed by atoms with van der Waals surface area (Å²) in [4.78, 5) is 0. The molecule has 2 fully saturated rings. The molecular weight excluding hydrogens is 238 g/mol. The summed E-state index contributed by atoms with van der Waals surface area (Å²) in [5, 5.41) is 3.65. The Morgan fingerprint density at radius 3 is 2.74 bits per heavy atom. The second-order valence-corrected chi connectivity index (χ2v) is 6.27. The van der Waals surface area contributed by atoms with Crippen LogP contribution < -0.4 is 5.32 Å². The SMILES string of the molecule is CCNC(CCCC1CCCO1)CC1(OC)CCC1. The highest BCUT2D eigenvalue weighted by molar-refractivity contribution is 4.93. The number of ether oxygens (including phenoxy) is 2. The van der Waals surface area contributed by atoms with Gasteiger partial charge in [-0.3, -0.25) is 0 Å². The van der Waals surface area contributed by atoms with Crippen LogP contribution in [0.2, 0.25) is 0 Å². The van der Waals surface area contributed by atoms with E-state index in [9.17, 15) is 0 Å². The van der Waals surface area contributed by atoms with E-state index in [0.29, 0.717) is 12.1 Å². The molecule has 0 spiro atoms. The van der Waals surface area contributed by atoms with Crippen molar-refractivity contribution in [3.8, 4) is 0 Å². The van der Waals surface area contributed by atoms with E-state index in [-0.39, 0.29) is 5.60 Å². The van der Waals surface area contributed by atoms with E-state index in [1.807, 2.05) is 7.11 Å². The highest BCUT2D eigenvalue weighted by Gasteiger charge is 2.38. The summed E-state index contributed by atoms with van der Waals surface area (Å²) in [5.74, 6) is 0. The van der Waals surface area contributed by atoms with Crippen LogP contribution in [0.3, 0.4) is 0 Å². The molecule has 3 nitrogen and oxygen atoms in total. The van der Waals surface area contributed by atoms with Crippen LogP contribution in [0.5, 0.6) is 0 Å². The van der Waals surface area contributed by atoms with Crippen molar-refractivity contribution in [3.05, 3.63) is 0 Å². The average Bonchev–Trinajstić information content (AvgIpc) is 2.87. The molecule has 1 saturated carbocycles. The lowest BCUT2D eigenvalue weighted by molar-refractivity contribution is -0.0839. The van der Waals surface area contributed by atoms with E-state index in [1.165, 1.54) is 57.8 Å². The van der Waals surface area contributed by atoms with Crippen molar-refractivity contribution in [3.63, 3.8) is 0 Å². The molecule has 19 heavy (non-hydrogen) atoms. The van der Waals surface area contributed by atoms with Gasteiger partial charge in [0.25, 0.3) is 0 Å². The van der Waals surface area contributed by atoms with Gasteiger partial charge in [0, 0.05) is 19.8 Å². The molecule has 1 N–H and O–H groups in total. The van der Waals surface area contributed by atoms with Gasteiger partial charge in [-0.25, -0.2) is 0 Å². The molecule has 112 valence electrons. The lowest BCUT2D eigenvalue weighted by Crippen LogP contribution is -2.45. The first-order valence-corrected chi connectivity index (χ1v) is 8.18. The monoisotopic (exact) mass is 269 g/mol. The average molecular weight is 269 g/mol. The van der Waals surface area contributed by atoms with Crippen LogP contribution in [0.15, 0.2) is 0 Å². The van der Waals surface area contributed by atoms with Crippen LogP contribution in [0.25, 0.3) is 0 Å². The van der Waals surface area contributed by atoms with Crippen molar-refractivity contribution < 1.29 is 9.47 Å². The Morgan fingerprint density at radius 2 is 2.21 bits per heavy atom. The Balaban J connectivity index is 1.69. The van der Waals surface area contributed by atoms with Crippen molar-refractivity contribution in [1.29, 1.82) is 0 Å². The summed E-state index contributed by atoms with van der Waals surface area (Å²) in [5.41, 5.74) is 0.191. The summed E-state index contributed by atoms with van der Waals surface area (Å²) < 4.78 is 11.5. The molecule has 2 atom stereocenters. The minimum absolute atomic E-state index is 0.191. The minimum atomic E-state index is 0.191. The minimum Gasteiger partial charge on any atom is -0.378 e. The zero-order valence-electron chi connectivity index (χ0n) is 12.7. The normalized spacial score (nSPS) is 27.2. The zero-order valence-corrected chi connectivity index (χ0v) is 12.7. The van der Waals surface area contributed by atoms with Crippen LogP contribution in [0.1, 0.15) is 64.7 Å². The number of hydrogen-bond acceptors (Lipinski definition) is 3. The molecule has 0 aromatic heterocycles. The number of methoxy groups -OCH3 is 1. The maximum atomic E-state index is 5.77. The smallest absolute Gasteiger partial charge is 0.0693 e. The molecule has 1 heterocycles. The van der Waals surface area contributed by atoms with Crippen LogP contribution in [0.4, 0.5) is 0 Å². The van der Waals surface area contributed by atoms with Crippen LogP contribution in [-0.2, 0) is 9.47 Å². The first-order valence-electron chi connectivity index (χ1n) is 8.18. The van der Waals surface area contributed by atoms with Gasteiger partial charge < -0.3 is 14.8 Å². The van der Waals surface area contributed by atoms with Crippen LogP contribution >= 0.6 is 0 Å². The maximum Gasteiger partial charge on any atom is 0.0693 e. The Kier molecular flexibility index (Phi) is 6.11. The predicted molar refractivity (Wildman–Crippen MR) is 78.5 cm³/mol. The van der Waals surface area contributed by atoms with Crippen molar-refractivity contribution in [1.82, 2.24) is 5.32 Å². The zero-order chi connectivity index (χ0) is 13.6. The van der Waals surface area contributed by atoms with Gasteiger partial charge in [0.1, 0.15) is 0 Å². The van der Waals surface area contributed by atoms with Gasteiger partial charge in [0.2, 0.25) is 0 Å². The van der Waals surface area contributed by atoms with Crippen molar-refractivity contribution >= 4 is 0 Å². The maximum absolute atomic E-state index is 5.77. The van der Waals surface area contributed by atoms with E-state index in [0.717, 1.165) is 13.2 Å². The van der Waals surface area contributed by atoms with Crippen LogP contribution in [0, 0.1) is 0 Å². The first-order chi connectivity index (χ1) is 9.28. The van der Waals surface area contributed by atoms with E-state index < -0.39 is 0 Å². The highest BCUT2D eigenvalue weighted by atomic mass is 16.5. The lowest BCUT2D eigenvalue weighted by Gasteiger charge is -2.43.